The number of hydrogen-bond donors (Lipinski definition) is 2. The van der Waals surface area contributed by atoms with Gasteiger partial charge in [0.05, 0.1) is 10.5 Å². The van der Waals surface area contributed by atoms with E-state index in [1.807, 2.05) is 18.2 Å². The van der Waals surface area contributed by atoms with Crippen molar-refractivity contribution in [2.75, 3.05) is 0 Å². The number of thiophene rings is 1. The van der Waals surface area contributed by atoms with Crippen LogP contribution >= 0.6 is 27.3 Å². The topological polar surface area (TPSA) is 38.0 Å². The molecule has 0 saturated carbocycles. The number of fused-ring (bicyclic) bond motifs is 1. The second kappa shape index (κ2) is 6.23. The summed E-state index contributed by atoms with van der Waals surface area (Å²) in [5.41, 5.74) is 3.74. The molecular weight excluding hydrogens is 351 g/mol. The molecule has 1 unspecified atom stereocenters. The Morgan fingerprint density at radius 1 is 1.19 bits per heavy atom. The third kappa shape index (κ3) is 3.01. The number of nitrogens with one attached hydrogen (secondary N) is 1. The molecule has 2 nitrogen and oxygen atoms in total. The van der Waals surface area contributed by atoms with Crippen molar-refractivity contribution in [2.24, 2.45) is 5.84 Å². The van der Waals surface area contributed by atoms with Crippen LogP contribution in [0.2, 0.25) is 0 Å². The van der Waals surface area contributed by atoms with Gasteiger partial charge in [-0.05, 0) is 51.5 Å². The van der Waals surface area contributed by atoms with Gasteiger partial charge in [0.25, 0.3) is 0 Å². The van der Waals surface area contributed by atoms with Gasteiger partial charge in [-0.1, -0.05) is 30.3 Å². The molecule has 2 aromatic carbocycles. The Hall–Kier alpha value is -1.27. The van der Waals surface area contributed by atoms with Crippen LogP contribution in [0.25, 0.3) is 10.1 Å². The van der Waals surface area contributed by atoms with E-state index < -0.39 is 0 Å². The molecule has 0 bridgehead atoms. The molecule has 5 heteroatoms. The quantitative estimate of drug-likeness (QED) is 0.526. The lowest BCUT2D eigenvalue weighted by atomic mass is 10.0. The molecule has 0 radical (unpaired) electrons. The predicted octanol–water partition coefficient (Wildman–Crippen LogP) is 4.55. The Morgan fingerprint density at radius 2 is 2.00 bits per heavy atom. The molecule has 21 heavy (non-hydrogen) atoms. The lowest BCUT2D eigenvalue weighted by molar-refractivity contribution is 0.554. The number of rotatable bonds is 4. The van der Waals surface area contributed by atoms with E-state index in [9.17, 15) is 4.39 Å². The molecule has 0 fully saturated rings. The van der Waals surface area contributed by atoms with Crippen LogP contribution in [-0.4, -0.2) is 0 Å². The number of halogens is 2. The molecule has 0 aliphatic rings. The fourth-order valence-corrected chi connectivity index (χ4v) is 3.89. The van der Waals surface area contributed by atoms with Crippen molar-refractivity contribution in [3.8, 4) is 0 Å². The molecule has 0 aliphatic heterocycles. The summed E-state index contributed by atoms with van der Waals surface area (Å²) < 4.78 is 15.3. The summed E-state index contributed by atoms with van der Waals surface area (Å²) >= 11 is 5.01. The van der Waals surface area contributed by atoms with Gasteiger partial charge in [0, 0.05) is 9.58 Å². The largest absolute Gasteiger partial charge is 0.271 e. The third-order valence-corrected chi connectivity index (χ3v) is 5.56. The highest BCUT2D eigenvalue weighted by atomic mass is 79.9. The fraction of sp³-hybridized carbons (Fsp3) is 0.125. The number of nitrogens with two attached hydrogens (primary N) is 1. The van der Waals surface area contributed by atoms with E-state index in [1.165, 1.54) is 16.2 Å². The number of hydrazine groups is 1. The summed E-state index contributed by atoms with van der Waals surface area (Å²) in [6.45, 7) is 0. The van der Waals surface area contributed by atoms with E-state index in [-0.39, 0.29) is 11.9 Å². The van der Waals surface area contributed by atoms with Gasteiger partial charge in [-0.25, -0.2) is 4.39 Å². The maximum atomic E-state index is 13.6. The smallest absolute Gasteiger partial charge is 0.137 e. The van der Waals surface area contributed by atoms with Crippen LogP contribution in [0, 0.1) is 5.82 Å². The van der Waals surface area contributed by atoms with Gasteiger partial charge in [0.2, 0.25) is 0 Å². The molecule has 3 aromatic rings. The van der Waals surface area contributed by atoms with Crippen LogP contribution in [0.4, 0.5) is 4.39 Å². The van der Waals surface area contributed by atoms with Gasteiger partial charge in [-0.3, -0.25) is 11.3 Å². The highest BCUT2D eigenvalue weighted by Crippen LogP contribution is 2.32. The van der Waals surface area contributed by atoms with Crippen molar-refractivity contribution in [3.05, 3.63) is 69.3 Å². The Balaban J connectivity index is 1.93. The van der Waals surface area contributed by atoms with Crippen molar-refractivity contribution in [1.29, 1.82) is 0 Å². The van der Waals surface area contributed by atoms with Crippen LogP contribution in [0.15, 0.2) is 53.0 Å². The van der Waals surface area contributed by atoms with Crippen molar-refractivity contribution in [1.82, 2.24) is 5.43 Å². The van der Waals surface area contributed by atoms with Gasteiger partial charge < -0.3 is 0 Å². The van der Waals surface area contributed by atoms with Crippen LogP contribution in [-0.2, 0) is 6.42 Å². The zero-order valence-corrected chi connectivity index (χ0v) is 13.5. The molecule has 0 spiro atoms. The van der Waals surface area contributed by atoms with Gasteiger partial charge in [-0.15, -0.1) is 11.3 Å². The van der Waals surface area contributed by atoms with E-state index in [0.717, 1.165) is 10.4 Å². The minimum Gasteiger partial charge on any atom is -0.271 e. The van der Waals surface area contributed by atoms with Crippen LogP contribution in [0.1, 0.15) is 16.5 Å². The van der Waals surface area contributed by atoms with E-state index in [4.69, 9.17) is 5.84 Å². The van der Waals surface area contributed by atoms with Gasteiger partial charge in [0.1, 0.15) is 5.82 Å². The van der Waals surface area contributed by atoms with E-state index >= 15 is 0 Å². The standard InChI is InChI=1S/C16H14BrFN2S/c17-16-11(5-3-6-12(16)18)8-13(20-19)15-9-10-4-1-2-7-14(10)21-15/h1-7,9,13,20H,8,19H2. The van der Waals surface area contributed by atoms with Gasteiger partial charge in [-0.2, -0.15) is 0 Å². The lowest BCUT2D eigenvalue weighted by Gasteiger charge is -2.15. The monoisotopic (exact) mass is 364 g/mol. The lowest BCUT2D eigenvalue weighted by Crippen LogP contribution is -2.29. The minimum atomic E-state index is -0.250. The second-order valence-electron chi connectivity index (χ2n) is 4.82. The summed E-state index contributed by atoms with van der Waals surface area (Å²) in [7, 11) is 0. The van der Waals surface area contributed by atoms with Crippen LogP contribution < -0.4 is 11.3 Å². The molecule has 3 N–H and O–H groups in total. The van der Waals surface area contributed by atoms with E-state index in [0.29, 0.717) is 10.9 Å². The predicted molar refractivity (Wildman–Crippen MR) is 89.7 cm³/mol. The van der Waals surface area contributed by atoms with Crippen molar-refractivity contribution >= 4 is 37.4 Å². The number of hydrogen-bond acceptors (Lipinski definition) is 3. The Bertz CT molecular complexity index is 739. The highest BCUT2D eigenvalue weighted by molar-refractivity contribution is 9.10. The zero-order valence-electron chi connectivity index (χ0n) is 11.1. The van der Waals surface area contributed by atoms with Crippen molar-refractivity contribution < 1.29 is 4.39 Å². The number of benzene rings is 2. The summed E-state index contributed by atoms with van der Waals surface area (Å²) in [5.74, 6) is 5.46. The fourth-order valence-electron chi connectivity index (χ4n) is 2.34. The molecule has 108 valence electrons. The van der Waals surface area contributed by atoms with Gasteiger partial charge >= 0.3 is 0 Å². The maximum Gasteiger partial charge on any atom is 0.137 e. The molecule has 1 aromatic heterocycles. The summed E-state index contributed by atoms with van der Waals surface area (Å²) in [5, 5.41) is 1.20. The summed E-state index contributed by atoms with van der Waals surface area (Å²) in [6.07, 6.45) is 0.627. The average Bonchev–Trinajstić information content (AvgIpc) is 2.92. The second-order valence-corrected chi connectivity index (χ2v) is 6.73. The first-order chi connectivity index (χ1) is 10.2. The average molecular weight is 365 g/mol. The van der Waals surface area contributed by atoms with Crippen LogP contribution in [0.3, 0.4) is 0 Å². The third-order valence-electron chi connectivity index (χ3n) is 3.44. The Morgan fingerprint density at radius 3 is 2.76 bits per heavy atom. The highest BCUT2D eigenvalue weighted by Gasteiger charge is 2.16. The molecule has 0 saturated heterocycles. The Kier molecular flexibility index (Phi) is 4.35. The Labute approximate surface area is 134 Å². The van der Waals surface area contributed by atoms with E-state index in [1.54, 1.807) is 17.4 Å². The summed E-state index contributed by atoms with van der Waals surface area (Å²) in [4.78, 5) is 1.15. The molecule has 1 heterocycles. The first kappa shape index (κ1) is 14.7. The van der Waals surface area contributed by atoms with Gasteiger partial charge in [0.15, 0.2) is 0 Å². The molecule has 1 atom stereocenters. The van der Waals surface area contributed by atoms with Crippen molar-refractivity contribution in [2.45, 2.75) is 12.5 Å². The molecule has 0 amide bonds. The first-order valence-corrected chi connectivity index (χ1v) is 8.17. The maximum absolute atomic E-state index is 13.6. The van der Waals surface area contributed by atoms with E-state index in [2.05, 4.69) is 39.6 Å². The SMILES string of the molecule is NNC(Cc1cccc(F)c1Br)c1cc2ccccc2s1. The van der Waals surface area contributed by atoms with Crippen molar-refractivity contribution in [3.63, 3.8) is 0 Å². The zero-order chi connectivity index (χ0) is 14.8. The normalized spacial score (nSPS) is 12.7. The molecule has 3 rings (SSSR count). The molecular formula is C16H14BrFN2S. The van der Waals surface area contributed by atoms with Crippen LogP contribution in [0.5, 0.6) is 0 Å². The minimum absolute atomic E-state index is 0.0412. The summed E-state index contributed by atoms with van der Waals surface area (Å²) in [6, 6.07) is 15.4. The molecule has 0 aliphatic carbocycles. The first-order valence-electron chi connectivity index (χ1n) is 6.56.